The van der Waals surface area contributed by atoms with E-state index in [9.17, 15) is 24.5 Å². The summed E-state index contributed by atoms with van der Waals surface area (Å²) in [4.78, 5) is 49.3. The van der Waals surface area contributed by atoms with Crippen molar-refractivity contribution in [3.63, 3.8) is 0 Å². The van der Waals surface area contributed by atoms with E-state index in [1.165, 1.54) is 25.3 Å². The topological polar surface area (TPSA) is 149 Å². The summed E-state index contributed by atoms with van der Waals surface area (Å²) in [7, 11) is 1.46. The molecule has 0 aromatic heterocycles. The van der Waals surface area contributed by atoms with Gasteiger partial charge in [0.2, 0.25) is 5.91 Å². The Morgan fingerprint density at radius 2 is 1.82 bits per heavy atom. The number of hydrogen-bond donors (Lipinski definition) is 2. The first-order valence-corrected chi connectivity index (χ1v) is 12.2. The number of urea groups is 1. The zero-order chi connectivity index (χ0) is 28.6. The lowest BCUT2D eigenvalue weighted by Crippen LogP contribution is -2.38. The number of anilines is 1. The van der Waals surface area contributed by atoms with E-state index >= 15 is 0 Å². The van der Waals surface area contributed by atoms with Gasteiger partial charge < -0.3 is 24.8 Å². The third-order valence-corrected chi connectivity index (χ3v) is 5.74. The number of non-ortho nitro benzene ring substituents is 1. The summed E-state index contributed by atoms with van der Waals surface area (Å²) < 4.78 is 16.7. The van der Waals surface area contributed by atoms with E-state index in [0.29, 0.717) is 40.7 Å². The van der Waals surface area contributed by atoms with Crippen LogP contribution in [0.3, 0.4) is 0 Å². The molecule has 1 aliphatic heterocycles. The van der Waals surface area contributed by atoms with E-state index in [-0.39, 0.29) is 18.0 Å². The number of carbonyl (C=O) groups excluding carboxylic acids is 3. The molecular weight excluding hydrogens is 520 g/mol. The van der Waals surface area contributed by atoms with Crippen LogP contribution in [0.15, 0.2) is 72.4 Å². The van der Waals surface area contributed by atoms with E-state index in [1.54, 1.807) is 61.5 Å². The van der Waals surface area contributed by atoms with Gasteiger partial charge in [0.05, 0.1) is 24.3 Å². The van der Waals surface area contributed by atoms with Gasteiger partial charge in [0, 0.05) is 12.1 Å². The van der Waals surface area contributed by atoms with Crippen molar-refractivity contribution in [2.24, 2.45) is 0 Å². The van der Waals surface area contributed by atoms with Crippen molar-refractivity contribution in [3.8, 4) is 17.2 Å². The van der Waals surface area contributed by atoms with E-state index in [4.69, 9.17) is 14.2 Å². The van der Waals surface area contributed by atoms with Crippen LogP contribution in [-0.2, 0) is 16.2 Å². The molecule has 0 spiro atoms. The lowest BCUT2D eigenvalue weighted by molar-refractivity contribution is -0.384. The fourth-order valence-corrected chi connectivity index (χ4v) is 3.89. The SMILES string of the molecule is CCOc1cc(/C=C2/NC(=O)N(CC(=O)Nc3ccccc3OC)C2=O)ccc1OCc1cccc([N+](=O)[O-])c1. The molecule has 0 saturated carbocycles. The normalized spacial score (nSPS) is 13.7. The van der Waals surface area contributed by atoms with Crippen LogP contribution < -0.4 is 24.8 Å². The second-order valence-electron chi connectivity index (χ2n) is 8.48. The van der Waals surface area contributed by atoms with Crippen LogP contribution >= 0.6 is 0 Å². The third kappa shape index (κ3) is 6.54. The van der Waals surface area contributed by atoms with Crippen LogP contribution in [0, 0.1) is 10.1 Å². The van der Waals surface area contributed by atoms with Crippen LogP contribution in [-0.4, -0.2) is 47.9 Å². The lowest BCUT2D eigenvalue weighted by Gasteiger charge is -2.13. The number of nitro groups is 1. The van der Waals surface area contributed by atoms with Gasteiger partial charge in [-0.3, -0.25) is 19.7 Å². The van der Waals surface area contributed by atoms with Gasteiger partial charge in [0.25, 0.3) is 11.6 Å². The summed E-state index contributed by atoms with van der Waals surface area (Å²) in [5.74, 6) is -0.0162. The molecule has 206 valence electrons. The Labute approximate surface area is 229 Å². The molecule has 2 N–H and O–H groups in total. The molecule has 1 aliphatic rings. The van der Waals surface area contributed by atoms with Crippen LogP contribution in [0.1, 0.15) is 18.1 Å². The average molecular weight is 547 g/mol. The molecule has 12 nitrogen and oxygen atoms in total. The van der Waals surface area contributed by atoms with E-state index in [0.717, 1.165) is 4.90 Å². The van der Waals surface area contributed by atoms with Gasteiger partial charge in [-0.1, -0.05) is 30.3 Å². The van der Waals surface area contributed by atoms with Crippen LogP contribution in [0.2, 0.25) is 0 Å². The number of ether oxygens (including phenoxy) is 3. The number of imide groups is 1. The number of nitro benzene ring substituents is 1. The predicted molar refractivity (Wildman–Crippen MR) is 145 cm³/mol. The highest BCUT2D eigenvalue weighted by atomic mass is 16.6. The maximum atomic E-state index is 12.9. The number of nitrogens with one attached hydrogen (secondary N) is 2. The molecule has 12 heteroatoms. The molecule has 0 radical (unpaired) electrons. The van der Waals surface area contributed by atoms with Gasteiger partial charge in [-0.25, -0.2) is 9.69 Å². The first-order valence-electron chi connectivity index (χ1n) is 12.2. The van der Waals surface area contributed by atoms with Gasteiger partial charge in [0.1, 0.15) is 24.6 Å². The molecule has 1 heterocycles. The average Bonchev–Trinajstić information content (AvgIpc) is 3.20. The number of rotatable bonds is 11. The summed E-state index contributed by atoms with van der Waals surface area (Å²) in [6.45, 7) is 1.71. The number of amides is 4. The summed E-state index contributed by atoms with van der Waals surface area (Å²) in [6, 6.07) is 17.1. The summed E-state index contributed by atoms with van der Waals surface area (Å²) >= 11 is 0. The third-order valence-electron chi connectivity index (χ3n) is 5.74. The fraction of sp³-hybridized carbons (Fsp3) is 0.179. The van der Waals surface area contributed by atoms with Crippen molar-refractivity contribution in [1.82, 2.24) is 10.2 Å². The van der Waals surface area contributed by atoms with Crippen LogP contribution in [0.4, 0.5) is 16.2 Å². The molecule has 1 fully saturated rings. The Bertz CT molecular complexity index is 1490. The maximum absolute atomic E-state index is 12.9. The predicted octanol–water partition coefficient (Wildman–Crippen LogP) is 4.11. The molecule has 1 saturated heterocycles. The standard InChI is InChI=1S/C28H26N4O8/c1-3-39-25-15-18(11-12-24(25)40-17-19-7-6-8-20(13-19)32(36)37)14-22-27(34)31(28(35)30-22)16-26(33)29-21-9-4-5-10-23(21)38-2/h4-15H,3,16-17H2,1-2H3,(H,29,33)(H,30,35)/b22-14+. The Kier molecular flexibility index (Phi) is 8.59. The molecule has 0 aliphatic carbocycles. The number of benzene rings is 3. The molecule has 3 aromatic rings. The van der Waals surface area contributed by atoms with E-state index < -0.39 is 29.3 Å². The van der Waals surface area contributed by atoms with Crippen molar-refractivity contribution in [2.75, 3.05) is 25.6 Å². The van der Waals surface area contributed by atoms with Crippen LogP contribution in [0.5, 0.6) is 17.2 Å². The first kappa shape index (κ1) is 27.6. The zero-order valence-electron chi connectivity index (χ0n) is 21.7. The highest BCUT2D eigenvalue weighted by Crippen LogP contribution is 2.31. The molecule has 3 aromatic carbocycles. The molecule has 4 rings (SSSR count). The highest BCUT2D eigenvalue weighted by Gasteiger charge is 2.35. The Morgan fingerprint density at radius 1 is 1.02 bits per heavy atom. The zero-order valence-corrected chi connectivity index (χ0v) is 21.7. The monoisotopic (exact) mass is 546 g/mol. The minimum atomic E-state index is -0.728. The number of hydrogen-bond acceptors (Lipinski definition) is 8. The summed E-state index contributed by atoms with van der Waals surface area (Å²) in [5.41, 5.74) is 1.51. The van der Waals surface area contributed by atoms with Crippen molar-refractivity contribution < 1.29 is 33.5 Å². The Hall–Kier alpha value is -5.39. The van der Waals surface area contributed by atoms with Crippen molar-refractivity contribution in [1.29, 1.82) is 0 Å². The molecular formula is C28H26N4O8. The van der Waals surface area contributed by atoms with Crippen molar-refractivity contribution in [2.45, 2.75) is 13.5 Å². The maximum Gasteiger partial charge on any atom is 0.329 e. The van der Waals surface area contributed by atoms with Crippen LogP contribution in [0.25, 0.3) is 6.08 Å². The number of methoxy groups -OCH3 is 1. The molecule has 0 atom stereocenters. The van der Waals surface area contributed by atoms with Gasteiger partial charge >= 0.3 is 6.03 Å². The Balaban J connectivity index is 1.45. The highest BCUT2D eigenvalue weighted by molar-refractivity contribution is 6.16. The van der Waals surface area contributed by atoms with Gasteiger partial charge in [0.15, 0.2) is 11.5 Å². The minimum Gasteiger partial charge on any atom is -0.495 e. The Morgan fingerprint density at radius 3 is 2.58 bits per heavy atom. The summed E-state index contributed by atoms with van der Waals surface area (Å²) in [5, 5.41) is 16.1. The number of para-hydroxylation sites is 2. The van der Waals surface area contributed by atoms with E-state index in [1.807, 2.05) is 0 Å². The van der Waals surface area contributed by atoms with Gasteiger partial charge in [-0.05, 0) is 48.4 Å². The van der Waals surface area contributed by atoms with Gasteiger partial charge in [-0.15, -0.1) is 0 Å². The lowest BCUT2D eigenvalue weighted by atomic mass is 10.1. The first-order chi connectivity index (χ1) is 19.3. The second-order valence-corrected chi connectivity index (χ2v) is 8.48. The molecule has 4 amide bonds. The van der Waals surface area contributed by atoms with Crippen molar-refractivity contribution in [3.05, 3.63) is 93.7 Å². The molecule has 40 heavy (non-hydrogen) atoms. The van der Waals surface area contributed by atoms with E-state index in [2.05, 4.69) is 10.6 Å². The van der Waals surface area contributed by atoms with Gasteiger partial charge in [-0.2, -0.15) is 0 Å². The number of nitrogens with zero attached hydrogens (tertiary/aromatic N) is 2. The second kappa shape index (κ2) is 12.4. The minimum absolute atomic E-state index is 0.0113. The quantitative estimate of drug-likeness (QED) is 0.158. The number of carbonyl (C=O) groups is 3. The molecule has 0 unspecified atom stereocenters. The fourth-order valence-electron chi connectivity index (χ4n) is 3.89. The summed E-state index contributed by atoms with van der Waals surface area (Å²) in [6.07, 6.45) is 1.46. The smallest absolute Gasteiger partial charge is 0.329 e. The molecule has 0 bridgehead atoms. The largest absolute Gasteiger partial charge is 0.495 e. The van der Waals surface area contributed by atoms with Crippen molar-refractivity contribution >= 4 is 35.3 Å².